The van der Waals surface area contributed by atoms with E-state index in [-0.39, 0.29) is 0 Å². The lowest BCUT2D eigenvalue weighted by Gasteiger charge is -2.12. The molecule has 0 saturated heterocycles. The summed E-state index contributed by atoms with van der Waals surface area (Å²) in [5.41, 5.74) is 2.71. The number of hydrogen-bond donors (Lipinski definition) is 0. The molecule has 27 heavy (non-hydrogen) atoms. The van der Waals surface area contributed by atoms with Crippen LogP contribution < -0.4 is 4.74 Å². The largest absolute Gasteiger partial charge is 0.488 e. The molecule has 4 nitrogen and oxygen atoms in total. The minimum atomic E-state index is -0.479. The van der Waals surface area contributed by atoms with Crippen molar-refractivity contribution in [3.8, 4) is 5.75 Å². The molecule has 1 aliphatic rings. The number of carbonyl (C=O) groups excluding carboxylic acids is 1. The van der Waals surface area contributed by atoms with E-state index in [0.717, 1.165) is 16.3 Å². The van der Waals surface area contributed by atoms with Gasteiger partial charge in [0.25, 0.3) is 0 Å². The van der Waals surface area contributed by atoms with Crippen LogP contribution in [0.4, 0.5) is 0 Å². The van der Waals surface area contributed by atoms with Gasteiger partial charge in [0.15, 0.2) is 0 Å². The van der Waals surface area contributed by atoms with Gasteiger partial charge >= 0.3 is 5.97 Å². The van der Waals surface area contributed by atoms with Crippen LogP contribution in [0.15, 0.2) is 71.4 Å². The Bertz CT molecular complexity index is 1100. The van der Waals surface area contributed by atoms with Gasteiger partial charge < -0.3 is 9.57 Å². The molecule has 3 aromatic rings. The Labute approximate surface area is 161 Å². The summed E-state index contributed by atoms with van der Waals surface area (Å²) < 4.78 is 6.07. The van der Waals surface area contributed by atoms with Gasteiger partial charge in [-0.3, -0.25) is 0 Å². The van der Waals surface area contributed by atoms with Gasteiger partial charge in [-0.1, -0.05) is 59.2 Å². The molecule has 0 N–H and O–H groups in total. The zero-order valence-corrected chi connectivity index (χ0v) is 15.4. The second-order valence-corrected chi connectivity index (χ2v) is 6.66. The zero-order valence-electron chi connectivity index (χ0n) is 14.6. The number of benzene rings is 3. The van der Waals surface area contributed by atoms with E-state index < -0.39 is 5.97 Å². The summed E-state index contributed by atoms with van der Waals surface area (Å²) in [6.07, 6.45) is 1.69. The Balaban J connectivity index is 1.66. The third-order valence-corrected chi connectivity index (χ3v) is 4.65. The highest BCUT2D eigenvalue weighted by molar-refractivity contribution is 6.31. The second-order valence-electron chi connectivity index (χ2n) is 6.22. The molecule has 0 spiro atoms. The van der Waals surface area contributed by atoms with E-state index in [2.05, 4.69) is 23.4 Å². The topological polar surface area (TPSA) is 47.9 Å². The van der Waals surface area contributed by atoms with E-state index in [1.165, 1.54) is 0 Å². The molecule has 0 saturated carbocycles. The summed E-state index contributed by atoms with van der Waals surface area (Å²) >= 11 is 6.14. The van der Waals surface area contributed by atoms with Gasteiger partial charge in [-0.2, -0.15) is 0 Å². The smallest absolute Gasteiger partial charge is 0.367 e. The Morgan fingerprint density at radius 2 is 1.93 bits per heavy atom. The molecule has 4 rings (SSSR count). The molecule has 5 heteroatoms. The molecular weight excluding hydrogens is 362 g/mol. The molecule has 0 atom stereocenters. The van der Waals surface area contributed by atoms with Gasteiger partial charge in [0.2, 0.25) is 0 Å². The summed E-state index contributed by atoms with van der Waals surface area (Å²) in [6, 6.07) is 19.6. The van der Waals surface area contributed by atoms with Gasteiger partial charge in [0.1, 0.15) is 12.4 Å². The first kappa shape index (κ1) is 17.3. The lowest BCUT2D eigenvalue weighted by atomic mass is 10.1. The SMILES string of the molecule is CC1=NOC(=O)/C1=C/c1cc(Cl)ccc1OCc1cccc2ccccc12. The van der Waals surface area contributed by atoms with Crippen LogP contribution in [-0.4, -0.2) is 11.7 Å². The Morgan fingerprint density at radius 3 is 2.74 bits per heavy atom. The molecular formula is C22H16ClNO3. The number of fused-ring (bicyclic) bond motifs is 1. The van der Waals surface area contributed by atoms with E-state index in [9.17, 15) is 4.79 Å². The lowest BCUT2D eigenvalue weighted by molar-refractivity contribution is -0.136. The van der Waals surface area contributed by atoms with Crippen molar-refractivity contribution in [1.29, 1.82) is 0 Å². The molecule has 3 aromatic carbocycles. The van der Waals surface area contributed by atoms with E-state index in [1.54, 1.807) is 31.2 Å². The third kappa shape index (κ3) is 3.57. The number of hydrogen-bond acceptors (Lipinski definition) is 4. The average Bonchev–Trinajstić information content (AvgIpc) is 2.99. The third-order valence-electron chi connectivity index (χ3n) is 4.41. The van der Waals surface area contributed by atoms with E-state index >= 15 is 0 Å². The number of rotatable bonds is 4. The summed E-state index contributed by atoms with van der Waals surface area (Å²) in [6.45, 7) is 2.12. The number of oxime groups is 1. The van der Waals surface area contributed by atoms with Crippen LogP contribution in [0.2, 0.25) is 5.02 Å². The Morgan fingerprint density at radius 1 is 1.11 bits per heavy atom. The van der Waals surface area contributed by atoms with Gasteiger partial charge in [0, 0.05) is 10.6 Å². The van der Waals surface area contributed by atoms with Crippen molar-refractivity contribution < 1.29 is 14.4 Å². The van der Waals surface area contributed by atoms with E-state index in [1.807, 2.05) is 24.3 Å². The second kappa shape index (κ2) is 7.25. The molecule has 134 valence electrons. The summed E-state index contributed by atoms with van der Waals surface area (Å²) in [5, 5.41) is 6.57. The predicted octanol–water partition coefficient (Wildman–Crippen LogP) is 5.39. The highest BCUT2D eigenvalue weighted by atomic mass is 35.5. The Hall–Kier alpha value is -3.11. The minimum Gasteiger partial charge on any atom is -0.488 e. The van der Waals surface area contributed by atoms with Gasteiger partial charge in [-0.25, -0.2) is 4.79 Å². The van der Waals surface area contributed by atoms with Crippen molar-refractivity contribution in [2.45, 2.75) is 13.5 Å². The highest BCUT2D eigenvalue weighted by Crippen LogP contribution is 2.28. The number of nitrogens with zero attached hydrogens (tertiary/aromatic N) is 1. The number of halogens is 1. The van der Waals surface area contributed by atoms with Crippen molar-refractivity contribution in [1.82, 2.24) is 0 Å². The quantitative estimate of drug-likeness (QED) is 0.452. The summed E-state index contributed by atoms with van der Waals surface area (Å²) in [7, 11) is 0. The van der Waals surface area contributed by atoms with Crippen molar-refractivity contribution in [2.75, 3.05) is 0 Å². The highest BCUT2D eigenvalue weighted by Gasteiger charge is 2.22. The van der Waals surface area contributed by atoms with Gasteiger partial charge in [-0.15, -0.1) is 0 Å². The van der Waals surface area contributed by atoms with Crippen LogP contribution in [0.5, 0.6) is 5.75 Å². The van der Waals surface area contributed by atoms with Crippen LogP contribution in [0.1, 0.15) is 18.1 Å². The molecule has 0 bridgehead atoms. The molecule has 0 radical (unpaired) electrons. The lowest BCUT2D eigenvalue weighted by Crippen LogP contribution is -2.03. The summed E-state index contributed by atoms with van der Waals surface area (Å²) in [4.78, 5) is 16.5. The first-order valence-corrected chi connectivity index (χ1v) is 8.86. The number of ether oxygens (including phenoxy) is 1. The predicted molar refractivity (Wildman–Crippen MR) is 107 cm³/mol. The molecule has 0 unspecified atom stereocenters. The molecule has 0 aliphatic carbocycles. The fraction of sp³-hybridized carbons (Fsp3) is 0.0909. The van der Waals surface area contributed by atoms with Crippen LogP contribution in [0.25, 0.3) is 16.8 Å². The Kier molecular flexibility index (Phi) is 4.65. The first-order chi connectivity index (χ1) is 13.1. The maximum Gasteiger partial charge on any atom is 0.367 e. The van der Waals surface area contributed by atoms with Crippen LogP contribution >= 0.6 is 11.6 Å². The van der Waals surface area contributed by atoms with Crippen LogP contribution in [0.3, 0.4) is 0 Å². The molecule has 0 fully saturated rings. The van der Waals surface area contributed by atoms with Gasteiger partial charge in [-0.05, 0) is 47.5 Å². The first-order valence-electron chi connectivity index (χ1n) is 8.49. The van der Waals surface area contributed by atoms with Crippen LogP contribution in [-0.2, 0) is 16.2 Å². The summed E-state index contributed by atoms with van der Waals surface area (Å²) in [5.74, 6) is 0.153. The minimum absolute atomic E-state index is 0.396. The zero-order chi connectivity index (χ0) is 18.8. The maximum absolute atomic E-state index is 11.8. The van der Waals surface area contributed by atoms with Gasteiger partial charge in [0.05, 0.1) is 11.3 Å². The van der Waals surface area contributed by atoms with E-state index in [4.69, 9.17) is 21.2 Å². The van der Waals surface area contributed by atoms with E-state index in [0.29, 0.717) is 34.2 Å². The average molecular weight is 378 g/mol. The fourth-order valence-electron chi connectivity index (χ4n) is 3.01. The van der Waals surface area contributed by atoms with Crippen molar-refractivity contribution >= 4 is 40.1 Å². The van der Waals surface area contributed by atoms with Crippen molar-refractivity contribution in [3.63, 3.8) is 0 Å². The number of carbonyl (C=O) groups is 1. The monoisotopic (exact) mass is 377 g/mol. The van der Waals surface area contributed by atoms with Crippen molar-refractivity contribution in [2.24, 2.45) is 5.16 Å². The normalized spacial score (nSPS) is 15.1. The standard InChI is InChI=1S/C22H16ClNO3/c1-14-20(22(25)27-24-14)12-17-11-18(23)9-10-21(17)26-13-16-7-4-6-15-5-2-3-8-19(15)16/h2-12H,13H2,1H3/b20-12+. The molecule has 1 aliphatic heterocycles. The molecule has 1 heterocycles. The van der Waals surface area contributed by atoms with Crippen molar-refractivity contribution in [3.05, 3.63) is 82.4 Å². The maximum atomic E-state index is 11.8. The fourth-order valence-corrected chi connectivity index (χ4v) is 3.19. The van der Waals surface area contributed by atoms with Crippen LogP contribution in [0, 0.1) is 0 Å². The molecule has 0 aromatic heterocycles. The molecule has 0 amide bonds.